The number of fused-ring (bicyclic) bond motifs is 1. The van der Waals surface area contributed by atoms with Gasteiger partial charge < -0.3 is 9.64 Å². The number of benzene rings is 1. The summed E-state index contributed by atoms with van der Waals surface area (Å²) in [7, 11) is 1.45. The second kappa shape index (κ2) is 6.62. The predicted octanol–water partition coefficient (Wildman–Crippen LogP) is 0.962. The molecule has 1 fully saturated rings. The largest absolute Gasteiger partial charge is 0.378 e. The van der Waals surface area contributed by atoms with Gasteiger partial charge in [-0.3, -0.25) is 18.9 Å². The van der Waals surface area contributed by atoms with E-state index in [9.17, 15) is 9.59 Å². The Hall–Kier alpha value is -2.58. The van der Waals surface area contributed by atoms with Crippen molar-refractivity contribution in [1.29, 1.82) is 0 Å². The lowest BCUT2D eigenvalue weighted by Gasteiger charge is -2.28. The van der Waals surface area contributed by atoms with E-state index in [1.165, 1.54) is 7.05 Å². The van der Waals surface area contributed by atoms with Crippen LogP contribution in [0.25, 0.3) is 11.2 Å². The number of nitrogens with one attached hydrogen (secondary N) is 1. The lowest BCUT2D eigenvalue weighted by atomic mass is 10.2. The number of rotatable bonds is 3. The SMILES string of the molecule is Cn1c(=O)[nH]c2nc(N3CCOCC3)n(Cc3ccccc3Cl)c2c1=O. The molecule has 4 rings (SSSR count). The third kappa shape index (κ3) is 2.81. The Morgan fingerprint density at radius 3 is 2.69 bits per heavy atom. The van der Waals surface area contributed by atoms with Gasteiger partial charge in [0.2, 0.25) is 5.95 Å². The van der Waals surface area contributed by atoms with Gasteiger partial charge in [0.25, 0.3) is 5.56 Å². The maximum absolute atomic E-state index is 12.7. The maximum Gasteiger partial charge on any atom is 0.329 e. The van der Waals surface area contributed by atoms with Crippen LogP contribution in [-0.4, -0.2) is 45.4 Å². The average molecular weight is 376 g/mol. The Morgan fingerprint density at radius 2 is 1.96 bits per heavy atom. The second-order valence-electron chi connectivity index (χ2n) is 6.18. The first-order chi connectivity index (χ1) is 12.6. The summed E-state index contributed by atoms with van der Waals surface area (Å²) in [6.45, 7) is 2.88. The second-order valence-corrected chi connectivity index (χ2v) is 6.59. The Morgan fingerprint density at radius 1 is 1.23 bits per heavy atom. The maximum atomic E-state index is 12.7. The number of aromatic nitrogens is 4. The molecule has 1 aromatic carbocycles. The highest BCUT2D eigenvalue weighted by atomic mass is 35.5. The van der Waals surface area contributed by atoms with Gasteiger partial charge in [-0.1, -0.05) is 29.8 Å². The molecule has 1 N–H and O–H groups in total. The number of ether oxygens (including phenoxy) is 1. The number of imidazole rings is 1. The van der Waals surface area contributed by atoms with Crippen LogP contribution in [0.5, 0.6) is 0 Å². The van der Waals surface area contributed by atoms with Gasteiger partial charge in [0.15, 0.2) is 11.2 Å². The smallest absolute Gasteiger partial charge is 0.329 e. The van der Waals surface area contributed by atoms with E-state index in [1.54, 1.807) is 0 Å². The summed E-state index contributed by atoms with van der Waals surface area (Å²) in [6, 6.07) is 7.48. The lowest BCUT2D eigenvalue weighted by molar-refractivity contribution is 0.121. The van der Waals surface area contributed by atoms with E-state index in [-0.39, 0.29) is 11.2 Å². The average Bonchev–Trinajstić information content (AvgIpc) is 3.00. The number of anilines is 1. The third-order valence-electron chi connectivity index (χ3n) is 4.56. The predicted molar refractivity (Wildman–Crippen MR) is 99.2 cm³/mol. The molecule has 2 aromatic heterocycles. The van der Waals surface area contributed by atoms with E-state index in [1.807, 2.05) is 28.8 Å². The van der Waals surface area contributed by atoms with Gasteiger partial charge in [-0.2, -0.15) is 4.98 Å². The van der Waals surface area contributed by atoms with Crippen LogP contribution in [0.4, 0.5) is 5.95 Å². The molecule has 26 heavy (non-hydrogen) atoms. The minimum absolute atomic E-state index is 0.284. The molecule has 0 spiro atoms. The highest BCUT2D eigenvalue weighted by Gasteiger charge is 2.23. The zero-order valence-corrected chi connectivity index (χ0v) is 15.0. The minimum atomic E-state index is -0.488. The summed E-state index contributed by atoms with van der Waals surface area (Å²) in [6.07, 6.45) is 0. The van der Waals surface area contributed by atoms with Gasteiger partial charge in [-0.05, 0) is 11.6 Å². The molecular weight excluding hydrogens is 358 g/mol. The van der Waals surface area contributed by atoms with Crippen LogP contribution in [0.2, 0.25) is 5.02 Å². The summed E-state index contributed by atoms with van der Waals surface area (Å²) >= 11 is 6.32. The Labute approximate surface area is 153 Å². The minimum Gasteiger partial charge on any atom is -0.378 e. The van der Waals surface area contributed by atoms with Crippen molar-refractivity contribution in [2.24, 2.45) is 7.05 Å². The van der Waals surface area contributed by atoms with Crippen molar-refractivity contribution in [3.8, 4) is 0 Å². The van der Waals surface area contributed by atoms with Gasteiger partial charge in [0.1, 0.15) is 0 Å². The fraction of sp³-hybridized carbons (Fsp3) is 0.353. The number of nitrogens with zero attached hydrogens (tertiary/aromatic N) is 4. The van der Waals surface area contributed by atoms with E-state index < -0.39 is 5.69 Å². The van der Waals surface area contributed by atoms with Crippen LogP contribution in [-0.2, 0) is 18.3 Å². The standard InChI is InChI=1S/C17H18ClN5O3/c1-21-15(24)13-14(20-17(21)25)19-16(22-6-8-26-9-7-22)23(13)10-11-4-2-3-5-12(11)18/h2-5H,6-10H2,1H3,(H,20,25). The molecule has 1 aliphatic heterocycles. The van der Waals surface area contributed by atoms with Crippen molar-refractivity contribution in [1.82, 2.24) is 19.1 Å². The summed E-state index contributed by atoms with van der Waals surface area (Å²) in [4.78, 5) is 34.0. The zero-order chi connectivity index (χ0) is 18.3. The van der Waals surface area contributed by atoms with Gasteiger partial charge in [0.05, 0.1) is 19.8 Å². The van der Waals surface area contributed by atoms with Crippen LogP contribution < -0.4 is 16.1 Å². The van der Waals surface area contributed by atoms with Crippen molar-refractivity contribution in [3.05, 3.63) is 55.7 Å². The number of halogens is 1. The molecule has 3 heterocycles. The molecule has 0 unspecified atom stereocenters. The molecule has 8 nitrogen and oxygen atoms in total. The molecule has 0 radical (unpaired) electrons. The van der Waals surface area contributed by atoms with Crippen molar-refractivity contribution in [2.45, 2.75) is 6.54 Å². The normalized spacial score (nSPS) is 14.9. The van der Waals surface area contributed by atoms with E-state index in [0.717, 1.165) is 10.1 Å². The summed E-state index contributed by atoms with van der Waals surface area (Å²) in [5.74, 6) is 0.627. The Bertz CT molecular complexity index is 1080. The molecule has 0 saturated carbocycles. The van der Waals surface area contributed by atoms with Crippen molar-refractivity contribution >= 4 is 28.7 Å². The number of aromatic amines is 1. The number of morpholine rings is 1. The molecular formula is C17H18ClN5O3. The third-order valence-corrected chi connectivity index (χ3v) is 4.93. The van der Waals surface area contributed by atoms with Gasteiger partial charge in [-0.15, -0.1) is 0 Å². The summed E-state index contributed by atoms with van der Waals surface area (Å²) < 4.78 is 8.28. The van der Waals surface area contributed by atoms with E-state index in [2.05, 4.69) is 14.9 Å². The number of hydrogen-bond donors (Lipinski definition) is 1. The molecule has 136 valence electrons. The molecule has 0 bridgehead atoms. The van der Waals surface area contributed by atoms with E-state index >= 15 is 0 Å². The Balaban J connectivity index is 1.94. The van der Waals surface area contributed by atoms with Gasteiger partial charge in [0, 0.05) is 25.2 Å². The van der Waals surface area contributed by atoms with Crippen molar-refractivity contribution in [2.75, 3.05) is 31.2 Å². The van der Waals surface area contributed by atoms with Crippen molar-refractivity contribution < 1.29 is 4.74 Å². The molecule has 0 atom stereocenters. The fourth-order valence-corrected chi connectivity index (χ4v) is 3.33. The van der Waals surface area contributed by atoms with Crippen LogP contribution in [0.3, 0.4) is 0 Å². The van der Waals surface area contributed by atoms with E-state index in [0.29, 0.717) is 49.3 Å². The first-order valence-electron chi connectivity index (χ1n) is 8.32. The number of H-pyrrole nitrogens is 1. The van der Waals surface area contributed by atoms with E-state index in [4.69, 9.17) is 16.3 Å². The summed E-state index contributed by atoms with van der Waals surface area (Å²) in [5.41, 5.74) is 0.637. The number of hydrogen-bond acceptors (Lipinski definition) is 5. The Kier molecular flexibility index (Phi) is 4.29. The van der Waals surface area contributed by atoms with Crippen LogP contribution in [0.1, 0.15) is 5.56 Å². The van der Waals surface area contributed by atoms with Crippen LogP contribution in [0, 0.1) is 0 Å². The van der Waals surface area contributed by atoms with Crippen LogP contribution in [0.15, 0.2) is 33.9 Å². The van der Waals surface area contributed by atoms with Crippen LogP contribution >= 0.6 is 11.6 Å². The van der Waals surface area contributed by atoms with Crippen molar-refractivity contribution in [3.63, 3.8) is 0 Å². The summed E-state index contributed by atoms with van der Waals surface area (Å²) in [5, 5.41) is 0.614. The molecule has 1 saturated heterocycles. The molecule has 0 aliphatic carbocycles. The lowest BCUT2D eigenvalue weighted by Crippen LogP contribution is -2.38. The molecule has 1 aliphatic rings. The van der Waals surface area contributed by atoms with Gasteiger partial charge >= 0.3 is 5.69 Å². The highest BCUT2D eigenvalue weighted by Crippen LogP contribution is 2.24. The topological polar surface area (TPSA) is 85.2 Å². The highest BCUT2D eigenvalue weighted by molar-refractivity contribution is 6.31. The first-order valence-corrected chi connectivity index (χ1v) is 8.69. The monoisotopic (exact) mass is 375 g/mol. The quantitative estimate of drug-likeness (QED) is 0.737. The molecule has 9 heteroatoms. The van der Waals surface area contributed by atoms with Gasteiger partial charge in [-0.25, -0.2) is 4.79 Å². The fourth-order valence-electron chi connectivity index (χ4n) is 3.13. The molecule has 0 amide bonds. The first kappa shape index (κ1) is 16.9. The zero-order valence-electron chi connectivity index (χ0n) is 14.2. The molecule has 3 aromatic rings.